The van der Waals surface area contributed by atoms with E-state index in [2.05, 4.69) is 6.58 Å². The molecule has 0 unspecified atom stereocenters. The van der Waals surface area contributed by atoms with Crippen LogP contribution in [0, 0.1) is 15.9 Å². The SMILES string of the molecule is C=C(C(=O)OC(C)(C)C)C(=O)c1ccc(F)c([N+](=O)[O-])c1. The number of esters is 1. The van der Waals surface area contributed by atoms with Crippen molar-refractivity contribution in [3.05, 3.63) is 51.8 Å². The molecule has 0 saturated carbocycles. The van der Waals surface area contributed by atoms with Crippen LogP contribution in [0.15, 0.2) is 30.4 Å². The maximum atomic E-state index is 13.2. The standard InChI is InChI=1S/C14H14FNO5/c1-8(13(18)21-14(2,3)4)12(17)9-5-6-10(15)11(7-9)16(19)20/h5-7H,1H2,2-4H3. The number of carbonyl (C=O) groups is 2. The first-order valence-corrected chi connectivity index (χ1v) is 5.94. The van der Waals surface area contributed by atoms with E-state index in [1.165, 1.54) is 0 Å². The molecule has 0 radical (unpaired) electrons. The lowest BCUT2D eigenvalue weighted by Crippen LogP contribution is -2.27. The maximum absolute atomic E-state index is 13.2. The number of ketones is 1. The number of rotatable bonds is 4. The summed E-state index contributed by atoms with van der Waals surface area (Å²) in [7, 11) is 0. The second kappa shape index (κ2) is 5.82. The summed E-state index contributed by atoms with van der Waals surface area (Å²) in [6.45, 7) is 8.17. The fourth-order valence-electron chi connectivity index (χ4n) is 1.40. The Bertz CT molecular complexity index is 631. The van der Waals surface area contributed by atoms with E-state index in [-0.39, 0.29) is 5.56 Å². The van der Waals surface area contributed by atoms with Gasteiger partial charge in [-0.15, -0.1) is 0 Å². The van der Waals surface area contributed by atoms with Gasteiger partial charge in [0, 0.05) is 11.6 Å². The molecule has 0 heterocycles. The minimum absolute atomic E-state index is 0.209. The van der Waals surface area contributed by atoms with E-state index >= 15 is 0 Å². The number of benzene rings is 1. The summed E-state index contributed by atoms with van der Waals surface area (Å²) in [5, 5.41) is 10.6. The number of ether oxygens (including phenoxy) is 1. The highest BCUT2D eigenvalue weighted by molar-refractivity contribution is 6.23. The van der Waals surface area contributed by atoms with Gasteiger partial charge >= 0.3 is 11.7 Å². The Morgan fingerprint density at radius 1 is 1.33 bits per heavy atom. The fourth-order valence-corrected chi connectivity index (χ4v) is 1.40. The molecule has 0 bridgehead atoms. The summed E-state index contributed by atoms with van der Waals surface area (Å²) in [6, 6.07) is 2.58. The summed E-state index contributed by atoms with van der Waals surface area (Å²) in [5.74, 6) is -2.86. The van der Waals surface area contributed by atoms with E-state index in [0.29, 0.717) is 0 Å². The molecule has 0 atom stereocenters. The van der Waals surface area contributed by atoms with Crippen molar-refractivity contribution in [2.75, 3.05) is 0 Å². The maximum Gasteiger partial charge on any atom is 0.342 e. The number of nitrogens with zero attached hydrogens (tertiary/aromatic N) is 1. The zero-order chi connectivity index (χ0) is 16.4. The van der Waals surface area contributed by atoms with Gasteiger partial charge in [0.05, 0.1) is 4.92 Å². The molecule has 0 fully saturated rings. The highest BCUT2D eigenvalue weighted by atomic mass is 19.1. The van der Waals surface area contributed by atoms with Gasteiger partial charge in [0.15, 0.2) is 5.78 Å². The number of hydrogen-bond acceptors (Lipinski definition) is 5. The second-order valence-corrected chi connectivity index (χ2v) is 5.23. The summed E-state index contributed by atoms with van der Waals surface area (Å²) >= 11 is 0. The van der Waals surface area contributed by atoms with E-state index in [1.807, 2.05) is 0 Å². The van der Waals surface area contributed by atoms with E-state index in [0.717, 1.165) is 18.2 Å². The van der Waals surface area contributed by atoms with E-state index in [9.17, 15) is 24.1 Å². The summed E-state index contributed by atoms with van der Waals surface area (Å²) in [5.41, 5.74) is -2.35. The van der Waals surface area contributed by atoms with Crippen molar-refractivity contribution in [3.8, 4) is 0 Å². The molecule has 1 aromatic rings. The van der Waals surface area contributed by atoms with Gasteiger partial charge in [0.1, 0.15) is 11.2 Å². The Morgan fingerprint density at radius 3 is 2.38 bits per heavy atom. The normalized spacial score (nSPS) is 10.9. The first-order chi connectivity index (χ1) is 9.53. The third-order valence-electron chi connectivity index (χ3n) is 2.32. The minimum Gasteiger partial charge on any atom is -0.456 e. The molecular weight excluding hydrogens is 281 g/mol. The first kappa shape index (κ1) is 16.5. The second-order valence-electron chi connectivity index (χ2n) is 5.23. The Balaban J connectivity index is 3.04. The van der Waals surface area contributed by atoms with Gasteiger partial charge in [-0.2, -0.15) is 4.39 Å². The van der Waals surface area contributed by atoms with Gasteiger partial charge in [-0.25, -0.2) is 4.79 Å². The molecule has 1 aromatic carbocycles. The van der Waals surface area contributed by atoms with Crippen molar-refractivity contribution in [3.63, 3.8) is 0 Å². The molecule has 0 N–H and O–H groups in total. The molecule has 0 saturated heterocycles. The van der Waals surface area contributed by atoms with Crippen molar-refractivity contribution >= 4 is 17.4 Å². The van der Waals surface area contributed by atoms with E-state index in [4.69, 9.17) is 4.74 Å². The predicted octanol–water partition coefficient (Wildman–Crippen LogP) is 2.81. The minimum atomic E-state index is -1.07. The molecule has 0 aliphatic carbocycles. The lowest BCUT2D eigenvalue weighted by molar-refractivity contribution is -0.387. The van der Waals surface area contributed by atoms with Crippen molar-refractivity contribution in [1.82, 2.24) is 0 Å². The number of carbonyl (C=O) groups excluding carboxylic acids is 2. The van der Waals surface area contributed by atoms with E-state index < -0.39 is 39.4 Å². The molecule has 1 rings (SSSR count). The summed E-state index contributed by atoms with van der Waals surface area (Å²) < 4.78 is 18.2. The van der Waals surface area contributed by atoms with Crippen LogP contribution in [0.4, 0.5) is 10.1 Å². The number of nitro groups is 1. The quantitative estimate of drug-likeness (QED) is 0.162. The van der Waals surface area contributed by atoms with Gasteiger partial charge in [0.25, 0.3) is 0 Å². The highest BCUT2D eigenvalue weighted by Gasteiger charge is 2.25. The van der Waals surface area contributed by atoms with Crippen LogP contribution in [0.25, 0.3) is 0 Å². The fraction of sp³-hybridized carbons (Fsp3) is 0.286. The third kappa shape index (κ3) is 4.20. The molecule has 0 aliphatic heterocycles. The molecular formula is C14H14FNO5. The van der Waals surface area contributed by atoms with Crippen molar-refractivity contribution in [2.24, 2.45) is 0 Å². The zero-order valence-corrected chi connectivity index (χ0v) is 11.8. The Kier molecular flexibility index (Phi) is 4.57. The van der Waals surface area contributed by atoms with Crippen molar-refractivity contribution < 1.29 is 23.6 Å². The third-order valence-corrected chi connectivity index (χ3v) is 2.32. The topological polar surface area (TPSA) is 86.5 Å². The van der Waals surface area contributed by atoms with Crippen molar-refractivity contribution in [2.45, 2.75) is 26.4 Å². The van der Waals surface area contributed by atoms with Gasteiger partial charge < -0.3 is 4.74 Å². The molecule has 0 aliphatic rings. The number of halogens is 1. The monoisotopic (exact) mass is 295 g/mol. The summed E-state index contributed by atoms with van der Waals surface area (Å²) in [6.07, 6.45) is 0. The lowest BCUT2D eigenvalue weighted by atomic mass is 10.0. The van der Waals surface area contributed by atoms with E-state index in [1.54, 1.807) is 20.8 Å². The molecule has 0 aromatic heterocycles. The van der Waals surface area contributed by atoms with Crippen LogP contribution in [0.5, 0.6) is 0 Å². The average molecular weight is 295 g/mol. The highest BCUT2D eigenvalue weighted by Crippen LogP contribution is 2.21. The van der Waals surface area contributed by atoms with Crippen LogP contribution in [-0.4, -0.2) is 22.3 Å². The van der Waals surface area contributed by atoms with Crippen LogP contribution in [0.3, 0.4) is 0 Å². The van der Waals surface area contributed by atoms with Gasteiger partial charge in [-0.05, 0) is 32.9 Å². The number of nitro benzene ring substituents is 1. The molecule has 6 nitrogen and oxygen atoms in total. The summed E-state index contributed by atoms with van der Waals surface area (Å²) in [4.78, 5) is 33.4. The lowest BCUT2D eigenvalue weighted by Gasteiger charge is -2.19. The molecule has 0 amide bonds. The molecule has 112 valence electrons. The average Bonchev–Trinajstić information content (AvgIpc) is 2.35. The van der Waals surface area contributed by atoms with Crippen LogP contribution >= 0.6 is 0 Å². The largest absolute Gasteiger partial charge is 0.456 e. The number of hydrogen-bond donors (Lipinski definition) is 0. The zero-order valence-electron chi connectivity index (χ0n) is 11.8. The van der Waals surface area contributed by atoms with Gasteiger partial charge in [-0.1, -0.05) is 6.58 Å². The molecule has 21 heavy (non-hydrogen) atoms. The smallest absolute Gasteiger partial charge is 0.342 e. The van der Waals surface area contributed by atoms with Crippen molar-refractivity contribution in [1.29, 1.82) is 0 Å². The van der Waals surface area contributed by atoms with Crippen LogP contribution < -0.4 is 0 Å². The van der Waals surface area contributed by atoms with Gasteiger partial charge in [-0.3, -0.25) is 14.9 Å². The molecule has 0 spiro atoms. The Labute approximate surface area is 120 Å². The molecule has 7 heteroatoms. The van der Waals surface area contributed by atoms with Crippen LogP contribution in [0.2, 0.25) is 0 Å². The Morgan fingerprint density at radius 2 is 1.90 bits per heavy atom. The Hall–Kier alpha value is -2.57. The first-order valence-electron chi connectivity index (χ1n) is 5.94. The van der Waals surface area contributed by atoms with Crippen LogP contribution in [-0.2, 0) is 9.53 Å². The predicted molar refractivity (Wildman–Crippen MR) is 72.4 cm³/mol. The van der Waals surface area contributed by atoms with Crippen LogP contribution in [0.1, 0.15) is 31.1 Å². The number of Topliss-reactive ketones (excluding diaryl/α,β-unsaturated/α-hetero) is 1. The van der Waals surface area contributed by atoms with Gasteiger partial charge in [0.2, 0.25) is 5.82 Å².